The minimum Gasteiger partial charge on any atom is -0.376 e. The molecule has 0 radical (unpaired) electrons. The molecular formula is C15H21N3O3. The first kappa shape index (κ1) is 14.3. The van der Waals surface area contributed by atoms with Crippen LogP contribution in [0.3, 0.4) is 0 Å². The molecule has 1 atom stereocenters. The molecule has 0 saturated carbocycles. The number of rotatable bonds is 3. The topological polar surface area (TPSA) is 62.8 Å². The summed E-state index contributed by atoms with van der Waals surface area (Å²) in [5.41, 5.74) is 1.97. The maximum absolute atomic E-state index is 12.0. The summed E-state index contributed by atoms with van der Waals surface area (Å²) in [5, 5.41) is 6.20. The summed E-state index contributed by atoms with van der Waals surface area (Å²) in [5.74, 6) is -0.148. The van der Waals surface area contributed by atoms with Crippen LogP contribution in [0.4, 0.5) is 11.4 Å². The zero-order valence-electron chi connectivity index (χ0n) is 12.0. The first-order chi connectivity index (χ1) is 10.3. The highest BCUT2D eigenvalue weighted by Gasteiger charge is 2.22. The summed E-state index contributed by atoms with van der Waals surface area (Å²) >= 11 is 0. The molecular weight excluding hydrogens is 270 g/mol. The van der Waals surface area contributed by atoms with Gasteiger partial charge in [0.25, 0.3) is 5.91 Å². The number of ether oxygens (including phenoxy) is 2. The van der Waals surface area contributed by atoms with Gasteiger partial charge in [-0.05, 0) is 24.3 Å². The molecule has 114 valence electrons. The van der Waals surface area contributed by atoms with E-state index in [0.717, 1.165) is 31.9 Å². The van der Waals surface area contributed by atoms with Gasteiger partial charge in [0.2, 0.25) is 0 Å². The fraction of sp³-hybridized carbons (Fsp3) is 0.533. The second-order valence-electron chi connectivity index (χ2n) is 5.21. The standard InChI is InChI=1S/C15H21N3O3/c19-15(14-11-20-9-10-21-14)17-12-1-3-13(4-2-12)18-7-5-16-6-8-18/h1-4,14,16H,5-11H2,(H,17,19). The van der Waals surface area contributed by atoms with Gasteiger partial charge in [0.15, 0.2) is 6.10 Å². The fourth-order valence-electron chi connectivity index (χ4n) is 2.54. The molecule has 0 aliphatic carbocycles. The predicted octanol–water partition coefficient (Wildman–Crippen LogP) is 0.450. The van der Waals surface area contributed by atoms with E-state index in [0.29, 0.717) is 19.8 Å². The monoisotopic (exact) mass is 291 g/mol. The lowest BCUT2D eigenvalue weighted by molar-refractivity contribution is -0.142. The molecule has 3 rings (SSSR count). The second-order valence-corrected chi connectivity index (χ2v) is 5.21. The zero-order valence-corrected chi connectivity index (χ0v) is 12.0. The highest BCUT2D eigenvalue weighted by atomic mass is 16.6. The molecule has 2 heterocycles. The quantitative estimate of drug-likeness (QED) is 0.846. The van der Waals surface area contributed by atoms with E-state index >= 15 is 0 Å². The number of hydrogen-bond donors (Lipinski definition) is 2. The smallest absolute Gasteiger partial charge is 0.255 e. The first-order valence-corrected chi connectivity index (χ1v) is 7.39. The van der Waals surface area contributed by atoms with Crippen LogP contribution in [-0.2, 0) is 14.3 Å². The Balaban J connectivity index is 1.57. The Kier molecular flexibility index (Phi) is 4.69. The van der Waals surface area contributed by atoms with Crippen molar-refractivity contribution in [3.63, 3.8) is 0 Å². The van der Waals surface area contributed by atoms with Gasteiger partial charge in [-0.3, -0.25) is 4.79 Å². The molecule has 1 amide bonds. The molecule has 1 unspecified atom stereocenters. The molecule has 6 heteroatoms. The number of benzene rings is 1. The van der Waals surface area contributed by atoms with Gasteiger partial charge in [0.1, 0.15) is 0 Å². The normalized spacial score (nSPS) is 22.9. The summed E-state index contributed by atoms with van der Waals surface area (Å²) in [6.45, 7) is 5.40. The number of carbonyl (C=O) groups excluding carboxylic acids is 1. The van der Waals surface area contributed by atoms with E-state index in [1.54, 1.807) is 0 Å². The minimum atomic E-state index is -0.508. The van der Waals surface area contributed by atoms with Crippen molar-refractivity contribution in [2.45, 2.75) is 6.10 Å². The molecule has 2 aliphatic rings. The molecule has 2 N–H and O–H groups in total. The molecule has 0 aromatic heterocycles. The van der Waals surface area contributed by atoms with Crippen LogP contribution < -0.4 is 15.5 Å². The van der Waals surface area contributed by atoms with Crippen LogP contribution in [-0.4, -0.2) is 58.0 Å². The Morgan fingerprint density at radius 2 is 1.95 bits per heavy atom. The predicted molar refractivity (Wildman–Crippen MR) is 80.7 cm³/mol. The van der Waals surface area contributed by atoms with Gasteiger partial charge >= 0.3 is 0 Å². The van der Waals surface area contributed by atoms with E-state index in [2.05, 4.69) is 15.5 Å². The Hall–Kier alpha value is -1.63. The Morgan fingerprint density at radius 1 is 1.19 bits per heavy atom. The Bertz CT molecular complexity index is 466. The molecule has 2 fully saturated rings. The molecule has 2 aliphatic heterocycles. The highest BCUT2D eigenvalue weighted by molar-refractivity contribution is 5.94. The minimum absolute atomic E-state index is 0.148. The van der Waals surface area contributed by atoms with E-state index in [4.69, 9.17) is 9.47 Å². The second kappa shape index (κ2) is 6.89. The van der Waals surface area contributed by atoms with Gasteiger partial charge < -0.3 is 25.0 Å². The summed E-state index contributed by atoms with van der Waals surface area (Å²) in [4.78, 5) is 14.4. The molecule has 6 nitrogen and oxygen atoms in total. The molecule has 21 heavy (non-hydrogen) atoms. The number of hydrogen-bond acceptors (Lipinski definition) is 5. The number of carbonyl (C=O) groups is 1. The lowest BCUT2D eigenvalue weighted by atomic mass is 10.2. The summed E-state index contributed by atoms with van der Waals surface area (Å²) in [6, 6.07) is 7.94. The maximum Gasteiger partial charge on any atom is 0.255 e. The number of anilines is 2. The third-order valence-corrected chi connectivity index (χ3v) is 3.73. The number of nitrogens with zero attached hydrogens (tertiary/aromatic N) is 1. The molecule has 1 aromatic rings. The van der Waals surface area contributed by atoms with Crippen LogP contribution in [0, 0.1) is 0 Å². The van der Waals surface area contributed by atoms with Gasteiger partial charge in [0.05, 0.1) is 19.8 Å². The highest BCUT2D eigenvalue weighted by Crippen LogP contribution is 2.18. The van der Waals surface area contributed by atoms with Gasteiger partial charge in [-0.1, -0.05) is 0 Å². The van der Waals surface area contributed by atoms with Gasteiger partial charge in [-0.15, -0.1) is 0 Å². The van der Waals surface area contributed by atoms with E-state index in [1.807, 2.05) is 24.3 Å². The van der Waals surface area contributed by atoms with Crippen LogP contribution in [0.1, 0.15) is 0 Å². The van der Waals surface area contributed by atoms with E-state index in [-0.39, 0.29) is 5.91 Å². The molecule has 2 saturated heterocycles. The maximum atomic E-state index is 12.0. The van der Waals surface area contributed by atoms with Gasteiger partial charge in [0, 0.05) is 37.6 Å². The van der Waals surface area contributed by atoms with Crippen molar-refractivity contribution in [1.82, 2.24) is 5.32 Å². The van der Waals surface area contributed by atoms with Crippen molar-refractivity contribution in [2.24, 2.45) is 0 Å². The van der Waals surface area contributed by atoms with Gasteiger partial charge in [-0.2, -0.15) is 0 Å². The Labute approximate surface area is 124 Å². The zero-order chi connectivity index (χ0) is 14.5. The van der Waals surface area contributed by atoms with Crippen molar-refractivity contribution in [3.05, 3.63) is 24.3 Å². The lowest BCUT2D eigenvalue weighted by Crippen LogP contribution is -2.43. The number of nitrogens with one attached hydrogen (secondary N) is 2. The third kappa shape index (κ3) is 3.72. The number of piperazine rings is 1. The lowest BCUT2D eigenvalue weighted by Gasteiger charge is -2.29. The summed E-state index contributed by atoms with van der Waals surface area (Å²) < 4.78 is 10.6. The Morgan fingerprint density at radius 3 is 2.62 bits per heavy atom. The average molecular weight is 291 g/mol. The van der Waals surface area contributed by atoms with Crippen molar-refractivity contribution in [2.75, 3.05) is 56.2 Å². The van der Waals surface area contributed by atoms with Crippen molar-refractivity contribution in [3.8, 4) is 0 Å². The third-order valence-electron chi connectivity index (χ3n) is 3.73. The fourth-order valence-corrected chi connectivity index (χ4v) is 2.54. The molecule has 0 spiro atoms. The van der Waals surface area contributed by atoms with Gasteiger partial charge in [-0.25, -0.2) is 0 Å². The van der Waals surface area contributed by atoms with Crippen molar-refractivity contribution in [1.29, 1.82) is 0 Å². The van der Waals surface area contributed by atoms with E-state index in [1.165, 1.54) is 5.69 Å². The van der Waals surface area contributed by atoms with E-state index < -0.39 is 6.10 Å². The van der Waals surface area contributed by atoms with Crippen LogP contribution in [0.5, 0.6) is 0 Å². The number of amides is 1. The van der Waals surface area contributed by atoms with Crippen LogP contribution in [0.15, 0.2) is 24.3 Å². The average Bonchev–Trinajstić information content (AvgIpc) is 2.57. The van der Waals surface area contributed by atoms with Crippen LogP contribution >= 0.6 is 0 Å². The van der Waals surface area contributed by atoms with E-state index in [9.17, 15) is 4.79 Å². The summed E-state index contributed by atoms with van der Waals surface area (Å²) in [7, 11) is 0. The molecule has 0 bridgehead atoms. The van der Waals surface area contributed by atoms with Crippen LogP contribution in [0.2, 0.25) is 0 Å². The SMILES string of the molecule is O=C(Nc1ccc(N2CCNCC2)cc1)C1COCCO1. The molecule has 1 aromatic carbocycles. The van der Waals surface area contributed by atoms with Crippen LogP contribution in [0.25, 0.3) is 0 Å². The first-order valence-electron chi connectivity index (χ1n) is 7.39. The summed E-state index contributed by atoms with van der Waals surface area (Å²) in [6.07, 6.45) is -0.508. The van der Waals surface area contributed by atoms with Crippen molar-refractivity contribution >= 4 is 17.3 Å². The van der Waals surface area contributed by atoms with Crippen molar-refractivity contribution < 1.29 is 14.3 Å². The largest absolute Gasteiger partial charge is 0.376 e.